The summed E-state index contributed by atoms with van der Waals surface area (Å²) in [7, 11) is 0. The lowest BCUT2D eigenvalue weighted by molar-refractivity contribution is -0.208. The summed E-state index contributed by atoms with van der Waals surface area (Å²) < 4.78 is 10.9. The van der Waals surface area contributed by atoms with E-state index in [9.17, 15) is 9.59 Å². The van der Waals surface area contributed by atoms with Crippen LogP contribution in [0.2, 0.25) is 0 Å². The molecule has 2 heterocycles. The molecule has 2 aliphatic carbocycles. The molecule has 0 bridgehead atoms. The van der Waals surface area contributed by atoms with E-state index in [1.807, 2.05) is 13.8 Å². The van der Waals surface area contributed by atoms with Gasteiger partial charge in [-0.15, -0.1) is 0 Å². The molecular weight excluding hydrogens is 296 g/mol. The first-order valence-corrected chi connectivity index (χ1v) is 8.82. The zero-order valence-electron chi connectivity index (χ0n) is 14.0. The highest BCUT2D eigenvalue weighted by Gasteiger charge is 2.77. The average Bonchev–Trinajstić information content (AvgIpc) is 2.61. The zero-order chi connectivity index (χ0) is 16.2. The van der Waals surface area contributed by atoms with Crippen LogP contribution in [0.1, 0.15) is 13.8 Å². The molecule has 2 saturated heterocycles. The number of rotatable bonds is 2. The van der Waals surface area contributed by atoms with Crippen LogP contribution >= 0.6 is 0 Å². The topological polar surface area (TPSA) is 59.1 Å². The Morgan fingerprint density at radius 1 is 0.783 bits per heavy atom. The van der Waals surface area contributed by atoms with Crippen molar-refractivity contribution in [2.45, 2.75) is 25.9 Å². The molecule has 23 heavy (non-hydrogen) atoms. The van der Waals surface area contributed by atoms with Crippen LogP contribution in [-0.2, 0) is 19.1 Å². The number of carbonyl (C=O) groups is 2. The zero-order valence-corrected chi connectivity index (χ0v) is 14.0. The fourth-order valence-electron chi connectivity index (χ4n) is 5.44. The molecule has 4 rings (SSSR count). The van der Waals surface area contributed by atoms with E-state index >= 15 is 0 Å². The van der Waals surface area contributed by atoms with Gasteiger partial charge in [-0.05, 0) is 0 Å². The van der Waals surface area contributed by atoms with Gasteiger partial charge in [0.25, 0.3) is 0 Å². The minimum absolute atomic E-state index is 0.0481. The Morgan fingerprint density at radius 2 is 1.13 bits per heavy atom. The number of hydrogen-bond donors (Lipinski definition) is 0. The lowest BCUT2D eigenvalue weighted by Crippen LogP contribution is -2.85. The number of nitrogens with zero attached hydrogens (tertiary/aromatic N) is 2. The first-order valence-electron chi connectivity index (χ1n) is 8.82. The summed E-state index contributed by atoms with van der Waals surface area (Å²) in [6, 6.07) is 0.103. The van der Waals surface area contributed by atoms with Gasteiger partial charge in [0.1, 0.15) is 5.41 Å². The lowest BCUT2D eigenvalue weighted by Gasteiger charge is -2.68. The number of carbonyl (C=O) groups excluding carboxylic acids is 2. The van der Waals surface area contributed by atoms with E-state index in [0.717, 1.165) is 26.2 Å². The van der Waals surface area contributed by atoms with Crippen LogP contribution in [0.4, 0.5) is 0 Å². The summed E-state index contributed by atoms with van der Waals surface area (Å²) in [5.41, 5.74) is -0.784. The molecule has 2 aliphatic heterocycles. The predicted molar refractivity (Wildman–Crippen MR) is 83.1 cm³/mol. The molecule has 4 atom stereocenters. The molecule has 0 N–H and O–H groups in total. The van der Waals surface area contributed by atoms with E-state index in [4.69, 9.17) is 9.47 Å². The Kier molecular flexibility index (Phi) is 3.83. The third-order valence-corrected chi connectivity index (χ3v) is 6.40. The van der Waals surface area contributed by atoms with Gasteiger partial charge in [-0.25, -0.2) is 0 Å². The van der Waals surface area contributed by atoms with Crippen LogP contribution in [0.3, 0.4) is 0 Å². The SMILES string of the molecule is CC1C(=O)C2(C(=O)C(C)C2N2CCOCC2)C1N1CCOCC1. The summed E-state index contributed by atoms with van der Waals surface area (Å²) in [5, 5.41) is 0. The third-order valence-electron chi connectivity index (χ3n) is 6.40. The number of Topliss-reactive ketones (excluding diaryl/α,β-unsaturated/α-hetero) is 2. The van der Waals surface area contributed by atoms with Gasteiger partial charge in [0.05, 0.1) is 26.4 Å². The van der Waals surface area contributed by atoms with Crippen molar-refractivity contribution in [1.82, 2.24) is 9.80 Å². The molecule has 0 aromatic heterocycles. The molecular formula is C17H26N2O4. The van der Waals surface area contributed by atoms with Crippen LogP contribution in [0.15, 0.2) is 0 Å². The molecule has 2 saturated carbocycles. The van der Waals surface area contributed by atoms with E-state index in [-0.39, 0.29) is 35.5 Å². The van der Waals surface area contributed by atoms with E-state index in [2.05, 4.69) is 9.80 Å². The molecule has 0 radical (unpaired) electrons. The molecule has 128 valence electrons. The van der Waals surface area contributed by atoms with Gasteiger partial charge in [0.15, 0.2) is 11.6 Å². The van der Waals surface area contributed by atoms with Crippen molar-refractivity contribution in [2.75, 3.05) is 52.6 Å². The minimum Gasteiger partial charge on any atom is -0.379 e. The number of morpholine rings is 2. The second kappa shape index (κ2) is 5.62. The smallest absolute Gasteiger partial charge is 0.154 e. The van der Waals surface area contributed by atoms with Crippen molar-refractivity contribution in [2.24, 2.45) is 17.3 Å². The van der Waals surface area contributed by atoms with Gasteiger partial charge in [-0.3, -0.25) is 19.4 Å². The Hall–Kier alpha value is -0.820. The summed E-state index contributed by atoms with van der Waals surface area (Å²) in [5.74, 6) is 0.225. The van der Waals surface area contributed by atoms with Crippen LogP contribution in [0.25, 0.3) is 0 Å². The molecule has 0 aromatic carbocycles. The highest BCUT2D eigenvalue weighted by molar-refractivity contribution is 6.19. The highest BCUT2D eigenvalue weighted by Crippen LogP contribution is 2.59. The molecule has 0 aromatic rings. The average molecular weight is 322 g/mol. The third kappa shape index (κ3) is 1.95. The summed E-state index contributed by atoms with van der Waals surface area (Å²) in [4.78, 5) is 30.4. The van der Waals surface area contributed by atoms with Crippen LogP contribution in [0.5, 0.6) is 0 Å². The van der Waals surface area contributed by atoms with Crippen LogP contribution in [0, 0.1) is 17.3 Å². The fraction of sp³-hybridized carbons (Fsp3) is 0.882. The van der Waals surface area contributed by atoms with Gasteiger partial charge in [0.2, 0.25) is 0 Å². The van der Waals surface area contributed by atoms with Crippen LogP contribution in [-0.4, -0.2) is 86.1 Å². The first kappa shape index (κ1) is 15.7. The lowest BCUT2D eigenvalue weighted by atomic mass is 9.40. The molecule has 0 amide bonds. The van der Waals surface area contributed by atoms with E-state index in [1.165, 1.54) is 0 Å². The van der Waals surface area contributed by atoms with Crippen molar-refractivity contribution >= 4 is 11.6 Å². The van der Waals surface area contributed by atoms with Crippen molar-refractivity contribution in [3.63, 3.8) is 0 Å². The van der Waals surface area contributed by atoms with Crippen LogP contribution < -0.4 is 0 Å². The van der Waals surface area contributed by atoms with Crippen molar-refractivity contribution in [3.05, 3.63) is 0 Å². The molecule has 6 heteroatoms. The number of hydrogen-bond acceptors (Lipinski definition) is 6. The van der Waals surface area contributed by atoms with Gasteiger partial charge >= 0.3 is 0 Å². The van der Waals surface area contributed by atoms with E-state index < -0.39 is 5.41 Å². The summed E-state index contributed by atoms with van der Waals surface area (Å²) in [6.45, 7) is 10.0. The summed E-state index contributed by atoms with van der Waals surface area (Å²) in [6.07, 6.45) is 0. The molecule has 1 spiro atoms. The molecule has 6 nitrogen and oxygen atoms in total. The van der Waals surface area contributed by atoms with Gasteiger partial charge in [-0.2, -0.15) is 0 Å². The Morgan fingerprint density at radius 3 is 1.48 bits per heavy atom. The van der Waals surface area contributed by atoms with E-state index in [1.54, 1.807) is 0 Å². The molecule has 4 unspecified atom stereocenters. The Bertz CT molecular complexity index is 465. The van der Waals surface area contributed by atoms with Gasteiger partial charge < -0.3 is 9.47 Å². The second-order valence-corrected chi connectivity index (χ2v) is 7.36. The Labute approximate surface area is 137 Å². The Balaban J connectivity index is 1.64. The summed E-state index contributed by atoms with van der Waals surface area (Å²) >= 11 is 0. The fourth-order valence-corrected chi connectivity index (χ4v) is 5.44. The van der Waals surface area contributed by atoms with Gasteiger partial charge in [0, 0.05) is 50.1 Å². The minimum atomic E-state index is -0.784. The van der Waals surface area contributed by atoms with Gasteiger partial charge in [-0.1, -0.05) is 13.8 Å². The first-order chi connectivity index (χ1) is 11.1. The maximum absolute atomic E-state index is 12.9. The maximum atomic E-state index is 12.9. The number of ether oxygens (including phenoxy) is 2. The van der Waals surface area contributed by atoms with Crippen molar-refractivity contribution < 1.29 is 19.1 Å². The second-order valence-electron chi connectivity index (χ2n) is 7.36. The number of ketones is 2. The normalized spacial score (nSPS) is 45.8. The largest absolute Gasteiger partial charge is 0.379 e. The highest BCUT2D eigenvalue weighted by atomic mass is 16.5. The predicted octanol–water partition coefficient (Wildman–Crippen LogP) is -0.188. The maximum Gasteiger partial charge on any atom is 0.154 e. The molecule has 4 fully saturated rings. The standard InChI is InChI=1S/C17H26N2O4/c1-11-13(18-3-7-22-8-4-18)17(15(11)20)14(12(2)16(17)21)19-5-9-23-10-6-19/h11-14H,3-10H2,1-2H3. The van der Waals surface area contributed by atoms with E-state index in [0.29, 0.717) is 26.4 Å². The quantitative estimate of drug-likeness (QED) is 0.657. The molecule has 4 aliphatic rings. The monoisotopic (exact) mass is 322 g/mol. The van der Waals surface area contributed by atoms with Crippen molar-refractivity contribution in [3.8, 4) is 0 Å². The van der Waals surface area contributed by atoms with Crippen molar-refractivity contribution in [1.29, 1.82) is 0 Å².